The van der Waals surface area contributed by atoms with Gasteiger partial charge in [0, 0.05) is 40.6 Å². The van der Waals surface area contributed by atoms with Crippen LogP contribution in [-0.2, 0) is 26.5 Å². The molecule has 0 bridgehead atoms. The number of aromatic nitrogens is 2. The molecular formula is C31H23N3OPt. The van der Waals surface area contributed by atoms with Gasteiger partial charge >= 0.3 is 21.1 Å². The molecule has 0 fully saturated rings. The third-order valence-electron chi connectivity index (χ3n) is 6.41. The average molecular weight is 649 g/mol. The number of ether oxygens (including phenoxy) is 1. The van der Waals surface area contributed by atoms with Gasteiger partial charge < -0.3 is 14.6 Å². The molecule has 178 valence electrons. The minimum Gasteiger partial charge on any atom is -0.503 e. The average Bonchev–Trinajstić information content (AvgIpc) is 2.90. The number of para-hydroxylation sites is 1. The Morgan fingerprint density at radius 3 is 2.25 bits per heavy atom. The molecule has 0 saturated carbocycles. The summed E-state index contributed by atoms with van der Waals surface area (Å²) in [6.07, 6.45) is 3.62. The predicted molar refractivity (Wildman–Crippen MR) is 138 cm³/mol. The van der Waals surface area contributed by atoms with Gasteiger partial charge in [-0.25, -0.2) is 4.98 Å². The third kappa shape index (κ3) is 4.23. The fourth-order valence-electron chi connectivity index (χ4n) is 4.69. The van der Waals surface area contributed by atoms with Crippen molar-refractivity contribution < 1.29 is 25.8 Å². The van der Waals surface area contributed by atoms with Crippen LogP contribution in [0.5, 0.6) is 11.5 Å². The fraction of sp³-hybridized carbons (Fsp3) is 0.0968. The molecule has 3 heterocycles. The number of hydrogen-bond donors (Lipinski definition) is 0. The molecule has 0 saturated heterocycles. The fourth-order valence-corrected chi connectivity index (χ4v) is 4.69. The number of fused-ring (bicyclic) bond motifs is 2. The SMILES string of the molecule is CC1(C)c2ccccc2N(c2[c-]c(Oc3[c-]c(-c4ccccn4)ccc3)ccc2)c2ncccc21.[Pt+2]. The standard InChI is InChI=1S/C31H23N3O.Pt/c1-31(2)26-14-3-4-17-29(26)34(30-27(31)15-9-19-33-30)23-11-8-13-25(21-23)35-24-12-7-10-22(20-24)28-16-5-6-18-32-28;/h3-19H,1-2H3;/q-2;+2. The van der Waals surface area contributed by atoms with E-state index in [1.165, 1.54) is 11.1 Å². The van der Waals surface area contributed by atoms with Gasteiger partial charge in [0.2, 0.25) is 0 Å². The molecule has 0 aliphatic carbocycles. The second-order valence-electron chi connectivity index (χ2n) is 9.00. The molecule has 36 heavy (non-hydrogen) atoms. The monoisotopic (exact) mass is 648 g/mol. The summed E-state index contributed by atoms with van der Waals surface area (Å²) in [7, 11) is 0. The van der Waals surface area contributed by atoms with Crippen molar-refractivity contribution in [3.05, 3.63) is 127 Å². The minimum atomic E-state index is -0.161. The molecular weight excluding hydrogens is 625 g/mol. The Balaban J connectivity index is 0.00000267. The Morgan fingerprint density at radius 2 is 1.42 bits per heavy atom. The summed E-state index contributed by atoms with van der Waals surface area (Å²) < 4.78 is 6.20. The van der Waals surface area contributed by atoms with Crippen molar-refractivity contribution >= 4 is 17.2 Å². The van der Waals surface area contributed by atoms with Crippen LogP contribution < -0.4 is 9.64 Å². The molecule has 0 amide bonds. The van der Waals surface area contributed by atoms with E-state index in [0.29, 0.717) is 11.5 Å². The summed E-state index contributed by atoms with van der Waals surface area (Å²) in [6.45, 7) is 4.49. The number of nitrogens with zero attached hydrogens (tertiary/aromatic N) is 3. The molecule has 5 aromatic rings. The molecule has 3 aromatic carbocycles. The molecule has 0 unspecified atom stereocenters. The van der Waals surface area contributed by atoms with Crippen LogP contribution in [0.1, 0.15) is 25.0 Å². The van der Waals surface area contributed by atoms with Crippen LogP contribution in [0.4, 0.5) is 17.2 Å². The first-order chi connectivity index (χ1) is 17.1. The van der Waals surface area contributed by atoms with Crippen molar-refractivity contribution in [3.8, 4) is 22.8 Å². The molecule has 4 nitrogen and oxygen atoms in total. The van der Waals surface area contributed by atoms with E-state index in [9.17, 15) is 0 Å². The van der Waals surface area contributed by atoms with Crippen LogP contribution in [0.15, 0.2) is 103 Å². The summed E-state index contributed by atoms with van der Waals surface area (Å²) in [5.74, 6) is 2.13. The number of benzene rings is 3. The van der Waals surface area contributed by atoms with E-state index in [4.69, 9.17) is 9.72 Å². The summed E-state index contributed by atoms with van der Waals surface area (Å²) in [6, 6.07) is 37.0. The van der Waals surface area contributed by atoms with Crippen LogP contribution in [0.25, 0.3) is 11.3 Å². The van der Waals surface area contributed by atoms with E-state index in [2.05, 4.69) is 66.2 Å². The van der Waals surface area contributed by atoms with Crippen molar-refractivity contribution in [2.45, 2.75) is 19.3 Å². The van der Waals surface area contributed by atoms with Crippen LogP contribution in [0.2, 0.25) is 0 Å². The summed E-state index contributed by atoms with van der Waals surface area (Å²) in [4.78, 5) is 11.4. The number of pyridine rings is 2. The molecule has 1 aliphatic heterocycles. The van der Waals surface area contributed by atoms with E-state index in [1.54, 1.807) is 6.20 Å². The van der Waals surface area contributed by atoms with E-state index in [-0.39, 0.29) is 26.5 Å². The first-order valence-electron chi connectivity index (χ1n) is 11.6. The van der Waals surface area contributed by atoms with E-state index < -0.39 is 0 Å². The van der Waals surface area contributed by atoms with Gasteiger partial charge in [-0.15, -0.1) is 42.0 Å². The van der Waals surface area contributed by atoms with Gasteiger partial charge in [0.15, 0.2) is 0 Å². The smallest absolute Gasteiger partial charge is 0.503 e. The predicted octanol–water partition coefficient (Wildman–Crippen LogP) is 7.64. The molecule has 0 atom stereocenters. The Kier molecular flexibility index (Phi) is 6.47. The van der Waals surface area contributed by atoms with E-state index >= 15 is 0 Å². The van der Waals surface area contributed by atoms with Crippen molar-refractivity contribution in [3.63, 3.8) is 0 Å². The quantitative estimate of drug-likeness (QED) is 0.188. The maximum atomic E-state index is 6.20. The summed E-state index contributed by atoms with van der Waals surface area (Å²) in [5, 5.41) is 0. The summed E-state index contributed by atoms with van der Waals surface area (Å²) >= 11 is 0. The second-order valence-corrected chi connectivity index (χ2v) is 9.00. The maximum Gasteiger partial charge on any atom is 2.00 e. The molecule has 0 N–H and O–H groups in total. The summed E-state index contributed by atoms with van der Waals surface area (Å²) in [5.41, 5.74) is 5.96. The maximum absolute atomic E-state index is 6.20. The van der Waals surface area contributed by atoms with Crippen LogP contribution in [0, 0.1) is 12.1 Å². The topological polar surface area (TPSA) is 38.2 Å². The van der Waals surface area contributed by atoms with Crippen LogP contribution in [0.3, 0.4) is 0 Å². The van der Waals surface area contributed by atoms with Crippen molar-refractivity contribution in [1.82, 2.24) is 9.97 Å². The molecule has 2 aromatic heterocycles. The van der Waals surface area contributed by atoms with Gasteiger partial charge in [-0.1, -0.05) is 62.0 Å². The normalized spacial score (nSPS) is 13.2. The Hall–Kier alpha value is -3.75. The largest absolute Gasteiger partial charge is 2.00 e. The van der Waals surface area contributed by atoms with Crippen LogP contribution in [-0.4, -0.2) is 9.97 Å². The van der Waals surface area contributed by atoms with E-state index in [1.807, 2.05) is 66.9 Å². The zero-order chi connectivity index (χ0) is 23.8. The van der Waals surface area contributed by atoms with Gasteiger partial charge in [-0.05, 0) is 29.5 Å². The second kappa shape index (κ2) is 9.72. The molecule has 0 radical (unpaired) electrons. The number of hydrogen-bond acceptors (Lipinski definition) is 4. The Labute approximate surface area is 225 Å². The molecule has 1 aliphatic rings. The van der Waals surface area contributed by atoms with Gasteiger partial charge in [0.05, 0.1) is 0 Å². The van der Waals surface area contributed by atoms with E-state index in [0.717, 1.165) is 28.5 Å². The number of anilines is 3. The van der Waals surface area contributed by atoms with Gasteiger partial charge in [-0.3, -0.25) is 0 Å². The first kappa shape index (κ1) is 24.0. The number of rotatable bonds is 4. The van der Waals surface area contributed by atoms with Crippen molar-refractivity contribution in [2.75, 3.05) is 4.90 Å². The zero-order valence-corrected chi connectivity index (χ0v) is 22.2. The molecule has 5 heteroatoms. The van der Waals surface area contributed by atoms with Crippen molar-refractivity contribution in [1.29, 1.82) is 0 Å². The Bertz CT molecular complexity index is 1470. The minimum absolute atomic E-state index is 0. The molecule has 0 spiro atoms. The first-order valence-corrected chi connectivity index (χ1v) is 11.6. The van der Waals surface area contributed by atoms with Gasteiger partial charge in [0.1, 0.15) is 5.82 Å². The van der Waals surface area contributed by atoms with Crippen LogP contribution >= 0.6 is 0 Å². The van der Waals surface area contributed by atoms with Gasteiger partial charge in [0.25, 0.3) is 0 Å². The van der Waals surface area contributed by atoms with Gasteiger partial charge in [-0.2, -0.15) is 6.07 Å². The molecule has 6 rings (SSSR count). The zero-order valence-electron chi connectivity index (χ0n) is 19.9. The third-order valence-corrected chi connectivity index (χ3v) is 6.41. The van der Waals surface area contributed by atoms with Crippen molar-refractivity contribution in [2.24, 2.45) is 0 Å². The Morgan fingerprint density at radius 1 is 0.694 bits per heavy atom.